The molecule has 1 saturated heterocycles. The summed E-state index contributed by atoms with van der Waals surface area (Å²) in [4.78, 5) is 18.9. The van der Waals surface area contributed by atoms with E-state index in [0.29, 0.717) is 37.5 Å². The lowest BCUT2D eigenvalue weighted by molar-refractivity contribution is 0.0204. The second-order valence-electron chi connectivity index (χ2n) is 13.6. The molecule has 1 aromatic heterocycles. The highest BCUT2D eigenvalue weighted by molar-refractivity contribution is 7.84. The molecule has 8 nitrogen and oxygen atoms in total. The predicted molar refractivity (Wildman–Crippen MR) is 165 cm³/mol. The van der Waals surface area contributed by atoms with Crippen molar-refractivity contribution in [1.29, 1.82) is 0 Å². The van der Waals surface area contributed by atoms with Crippen LogP contribution in [0.2, 0.25) is 0 Å². The van der Waals surface area contributed by atoms with Gasteiger partial charge in [0.15, 0.2) is 0 Å². The quantitative estimate of drug-likeness (QED) is 0.321. The second-order valence-corrected chi connectivity index (χ2v) is 15.5. The number of amides is 1. The van der Waals surface area contributed by atoms with Crippen LogP contribution < -0.4 is 10.0 Å². The number of anilines is 1. The molecule has 2 aliphatic rings. The van der Waals surface area contributed by atoms with Gasteiger partial charge in [0.05, 0.1) is 45.6 Å². The van der Waals surface area contributed by atoms with E-state index in [1.165, 1.54) is 18.9 Å². The van der Waals surface area contributed by atoms with Crippen molar-refractivity contribution in [2.75, 3.05) is 25.5 Å². The van der Waals surface area contributed by atoms with Crippen LogP contribution in [0.5, 0.6) is 0 Å². The van der Waals surface area contributed by atoms with E-state index in [1.807, 2.05) is 59.7 Å². The van der Waals surface area contributed by atoms with Crippen LogP contribution in [0.25, 0.3) is 0 Å². The van der Waals surface area contributed by atoms with Crippen molar-refractivity contribution in [1.82, 2.24) is 14.6 Å². The van der Waals surface area contributed by atoms with Gasteiger partial charge in [0.25, 0.3) is 0 Å². The molecule has 1 amide bonds. The smallest absolute Gasteiger partial charge is 0.410 e. The van der Waals surface area contributed by atoms with Gasteiger partial charge in [-0.3, -0.25) is 4.98 Å². The summed E-state index contributed by atoms with van der Waals surface area (Å²) in [6, 6.07) is 8.71. The number of carbonyl (C=O) groups is 1. The van der Waals surface area contributed by atoms with Crippen LogP contribution in [0, 0.1) is 11.7 Å². The van der Waals surface area contributed by atoms with Crippen molar-refractivity contribution >= 4 is 22.8 Å². The third kappa shape index (κ3) is 8.08. The largest absolute Gasteiger partial charge is 0.444 e. The Balaban J connectivity index is 1.66. The number of hydrogen-bond donors (Lipinski definition) is 2. The van der Waals surface area contributed by atoms with E-state index in [9.17, 15) is 9.00 Å². The molecule has 42 heavy (non-hydrogen) atoms. The van der Waals surface area contributed by atoms with Gasteiger partial charge >= 0.3 is 6.09 Å². The van der Waals surface area contributed by atoms with Crippen molar-refractivity contribution in [2.24, 2.45) is 5.92 Å². The van der Waals surface area contributed by atoms with Gasteiger partial charge in [-0.2, -0.15) is 0 Å². The number of rotatable bonds is 11. The van der Waals surface area contributed by atoms with Crippen LogP contribution in [0.3, 0.4) is 0 Å². The number of aromatic nitrogens is 1. The first kappa shape index (κ1) is 32.4. The maximum absolute atomic E-state index is 15.3. The number of nitrogens with zero attached hydrogens (tertiary/aromatic N) is 2. The van der Waals surface area contributed by atoms with E-state index in [2.05, 4.69) is 15.0 Å². The number of nitrogens with one attached hydrogen (secondary N) is 2. The van der Waals surface area contributed by atoms with Gasteiger partial charge in [-0.15, -0.1) is 0 Å². The highest BCUT2D eigenvalue weighted by atomic mass is 32.2. The first-order valence-electron chi connectivity index (χ1n) is 14.9. The predicted octanol–water partition coefficient (Wildman–Crippen LogP) is 6.14. The first-order valence-corrected chi connectivity index (χ1v) is 16.0. The van der Waals surface area contributed by atoms with E-state index in [4.69, 9.17) is 9.47 Å². The molecule has 4 rings (SSSR count). The molecule has 1 aromatic carbocycles. The highest BCUT2D eigenvalue weighted by Crippen LogP contribution is 2.42. The van der Waals surface area contributed by atoms with E-state index in [1.54, 1.807) is 30.5 Å². The van der Waals surface area contributed by atoms with Gasteiger partial charge in [-0.25, -0.2) is 18.1 Å². The summed E-state index contributed by atoms with van der Waals surface area (Å²) in [7, 11) is 0.231. The Morgan fingerprint density at radius 2 is 1.79 bits per heavy atom. The number of halogens is 1. The molecule has 2 heterocycles. The fourth-order valence-electron chi connectivity index (χ4n) is 5.34. The summed E-state index contributed by atoms with van der Waals surface area (Å²) in [6.45, 7) is 12.1. The Kier molecular flexibility index (Phi) is 10.00. The summed E-state index contributed by atoms with van der Waals surface area (Å²) >= 11 is 0. The maximum atomic E-state index is 15.3. The average molecular weight is 603 g/mol. The number of methoxy groups -OCH3 is 1. The number of carbonyl (C=O) groups excluding carboxylic acids is 1. The Labute approximate surface area is 252 Å². The van der Waals surface area contributed by atoms with E-state index < -0.39 is 38.8 Å². The van der Waals surface area contributed by atoms with Crippen molar-refractivity contribution in [3.05, 3.63) is 59.7 Å². The van der Waals surface area contributed by atoms with Crippen LogP contribution in [0.1, 0.15) is 84.8 Å². The second kappa shape index (κ2) is 13.0. The van der Waals surface area contributed by atoms with Crippen molar-refractivity contribution < 1.29 is 22.9 Å². The number of benzene rings is 1. The lowest BCUT2D eigenvalue weighted by Gasteiger charge is -2.38. The molecular weight excluding hydrogens is 555 g/mol. The molecule has 0 bridgehead atoms. The highest BCUT2D eigenvalue weighted by Gasteiger charge is 2.41. The van der Waals surface area contributed by atoms with Crippen LogP contribution in [0.15, 0.2) is 42.7 Å². The number of hydrogen-bond acceptors (Lipinski definition) is 6. The zero-order valence-corrected chi connectivity index (χ0v) is 26.9. The Hall–Kier alpha value is -2.56. The van der Waals surface area contributed by atoms with E-state index >= 15 is 4.39 Å². The lowest BCUT2D eigenvalue weighted by Crippen LogP contribution is -2.49. The van der Waals surface area contributed by atoms with Crippen molar-refractivity contribution in [3.63, 3.8) is 0 Å². The monoisotopic (exact) mass is 602 g/mol. The molecule has 0 spiro atoms. The summed E-state index contributed by atoms with van der Waals surface area (Å²) < 4.78 is 43.2. The Bertz CT molecular complexity index is 1250. The van der Waals surface area contributed by atoms with E-state index in [0.717, 1.165) is 17.5 Å². The number of likely N-dealkylation sites (tertiary alicyclic amines) is 1. The molecule has 1 aliphatic carbocycles. The van der Waals surface area contributed by atoms with Crippen molar-refractivity contribution in [3.8, 4) is 0 Å². The molecule has 1 unspecified atom stereocenters. The fraction of sp³-hybridized carbons (Fsp3) is 0.625. The zero-order chi connectivity index (χ0) is 30.7. The average Bonchev–Trinajstić information content (AvgIpc) is 3.66. The molecule has 2 fully saturated rings. The molecule has 10 heteroatoms. The number of pyridine rings is 1. The minimum Gasteiger partial charge on any atom is -0.444 e. The third-order valence-electron chi connectivity index (χ3n) is 7.95. The Morgan fingerprint density at radius 1 is 1.10 bits per heavy atom. The molecule has 4 atom stereocenters. The maximum Gasteiger partial charge on any atom is 0.410 e. The van der Waals surface area contributed by atoms with Gasteiger partial charge in [-0.1, -0.05) is 18.9 Å². The minimum atomic E-state index is -1.40. The van der Waals surface area contributed by atoms with Crippen LogP contribution >= 0.6 is 0 Å². The van der Waals surface area contributed by atoms with Crippen LogP contribution in [-0.2, 0) is 26.0 Å². The van der Waals surface area contributed by atoms with Gasteiger partial charge in [0.1, 0.15) is 11.4 Å². The fourth-order valence-corrected chi connectivity index (χ4v) is 6.30. The SMILES string of the molecule is CO[C@@H]1C[C@H](CNc2cc(C(CCC3CC3)(N[S@](=O)C(C)(C)C)c3ccncc3)ccc2F)N(C(=O)OC(C)(C)C)C1. The first-order chi connectivity index (χ1) is 19.7. The Morgan fingerprint density at radius 3 is 2.38 bits per heavy atom. The van der Waals surface area contributed by atoms with Gasteiger partial charge in [0.2, 0.25) is 0 Å². The molecule has 2 N–H and O–H groups in total. The molecule has 2 aromatic rings. The number of ether oxygens (including phenoxy) is 2. The lowest BCUT2D eigenvalue weighted by atomic mass is 9.79. The summed E-state index contributed by atoms with van der Waals surface area (Å²) in [5.41, 5.74) is 0.637. The molecule has 0 radical (unpaired) electrons. The molecule has 1 saturated carbocycles. The topological polar surface area (TPSA) is 92.8 Å². The van der Waals surface area contributed by atoms with Gasteiger partial charge < -0.3 is 19.7 Å². The molecule has 232 valence electrons. The third-order valence-corrected chi connectivity index (χ3v) is 9.59. The minimum absolute atomic E-state index is 0.126. The van der Waals surface area contributed by atoms with E-state index in [-0.39, 0.29) is 12.1 Å². The van der Waals surface area contributed by atoms with Crippen molar-refractivity contribution in [2.45, 2.75) is 102 Å². The van der Waals surface area contributed by atoms with Crippen LogP contribution in [-0.4, -0.2) is 62.9 Å². The normalized spacial score (nSPS) is 21.6. The standard InChI is InChI=1S/C32H47FN4O4S/c1-30(2,3)41-29(38)37-21-26(40-7)19-25(37)20-35-28-18-24(10-11-27(28)33)32(15-12-22-8-9-22,23-13-16-34-17-14-23)36-42(39)31(4,5)6/h10-11,13-14,16-18,22,25-26,35-36H,8-9,12,15,19-21H2,1-7H3/t25-,26-,32?,42-/m1/s1. The molecule has 1 aliphatic heterocycles. The van der Waals surface area contributed by atoms with Crippen LogP contribution in [0.4, 0.5) is 14.9 Å². The zero-order valence-electron chi connectivity index (χ0n) is 26.0. The molecular formula is C32H47FN4O4S. The van der Waals surface area contributed by atoms with Gasteiger partial charge in [0, 0.05) is 26.0 Å². The summed E-state index contributed by atoms with van der Waals surface area (Å²) in [5.74, 6) is 0.246. The summed E-state index contributed by atoms with van der Waals surface area (Å²) in [5, 5.41) is 3.28. The summed E-state index contributed by atoms with van der Waals surface area (Å²) in [6.07, 6.45) is 7.62. The van der Waals surface area contributed by atoms with Gasteiger partial charge in [-0.05, 0) is 102 Å².